The predicted molar refractivity (Wildman–Crippen MR) is 113 cm³/mol. The Bertz CT molecular complexity index is 1030. The number of carbonyl (C=O) groups is 1. The van der Waals surface area contributed by atoms with Crippen LogP contribution in [0.5, 0.6) is 5.75 Å². The number of hydrogen-bond acceptors (Lipinski definition) is 2. The maximum absolute atomic E-state index is 12.5. The first-order chi connectivity index (χ1) is 13.3. The van der Waals surface area contributed by atoms with Gasteiger partial charge in [-0.25, -0.2) is 0 Å². The molecule has 3 aromatic rings. The van der Waals surface area contributed by atoms with Crippen molar-refractivity contribution in [2.75, 3.05) is 6.61 Å². The lowest BCUT2D eigenvalue weighted by Crippen LogP contribution is -2.38. The van der Waals surface area contributed by atoms with Crippen LogP contribution in [0.2, 0.25) is 0 Å². The lowest BCUT2D eigenvalue weighted by atomic mass is 9.85. The Hall–Kier alpha value is -2.75. The lowest BCUT2D eigenvalue weighted by Gasteiger charge is -2.23. The summed E-state index contributed by atoms with van der Waals surface area (Å²) in [6.45, 7) is 8.59. The summed E-state index contributed by atoms with van der Waals surface area (Å²) in [6, 6.07) is 14.6. The first kappa shape index (κ1) is 18.6. The lowest BCUT2D eigenvalue weighted by molar-refractivity contribution is -0.123. The predicted octanol–water partition coefficient (Wildman–Crippen LogP) is 4.44. The minimum Gasteiger partial charge on any atom is -0.483 e. The maximum Gasteiger partial charge on any atom is 0.258 e. The van der Waals surface area contributed by atoms with Gasteiger partial charge in [-0.05, 0) is 42.0 Å². The molecular weight excluding hydrogens is 348 g/mol. The molecule has 4 nitrogen and oxygen atoms in total. The number of para-hydroxylation sites is 1. The summed E-state index contributed by atoms with van der Waals surface area (Å²) < 4.78 is 5.90. The molecule has 28 heavy (non-hydrogen) atoms. The molecule has 0 bridgehead atoms. The van der Waals surface area contributed by atoms with Crippen LogP contribution in [0.1, 0.15) is 43.2 Å². The fraction of sp³-hybridized carbons (Fsp3) is 0.375. The fourth-order valence-corrected chi connectivity index (χ4v) is 4.10. The minimum atomic E-state index is -0.0695. The van der Waals surface area contributed by atoms with E-state index in [1.165, 1.54) is 27.7 Å². The van der Waals surface area contributed by atoms with E-state index in [9.17, 15) is 4.79 Å². The van der Waals surface area contributed by atoms with Gasteiger partial charge in [0.05, 0.1) is 0 Å². The Morgan fingerprint density at radius 2 is 1.96 bits per heavy atom. The minimum absolute atomic E-state index is 0.0347. The Balaban J connectivity index is 1.38. The molecule has 0 aliphatic heterocycles. The standard InChI is InChI=1S/C24H28N2O2/c1-15-9-10-22(19(11-15)24(2,3)4)28-14-23(27)25-16-12-18-17-7-5-6-8-20(17)26-21(18)13-16/h5-11,16,26H,12-14H2,1-4H3,(H,25,27). The molecule has 0 radical (unpaired) electrons. The van der Waals surface area contributed by atoms with Crippen molar-refractivity contribution in [2.24, 2.45) is 0 Å². The third-order valence-corrected chi connectivity index (χ3v) is 5.47. The van der Waals surface area contributed by atoms with Gasteiger partial charge in [-0.3, -0.25) is 4.79 Å². The number of carbonyl (C=O) groups excluding carboxylic acids is 1. The van der Waals surface area contributed by atoms with E-state index in [1.807, 2.05) is 18.2 Å². The molecule has 146 valence electrons. The van der Waals surface area contributed by atoms with Gasteiger partial charge in [-0.2, -0.15) is 0 Å². The molecule has 4 heteroatoms. The van der Waals surface area contributed by atoms with Gasteiger partial charge >= 0.3 is 0 Å². The molecule has 2 aromatic carbocycles. The highest BCUT2D eigenvalue weighted by Gasteiger charge is 2.27. The number of benzene rings is 2. The quantitative estimate of drug-likeness (QED) is 0.707. The fourth-order valence-electron chi connectivity index (χ4n) is 4.10. The summed E-state index contributed by atoms with van der Waals surface area (Å²) in [4.78, 5) is 16.0. The second-order valence-electron chi connectivity index (χ2n) is 8.84. The highest BCUT2D eigenvalue weighted by Crippen LogP contribution is 2.32. The largest absolute Gasteiger partial charge is 0.483 e. The Kier molecular flexibility index (Phi) is 4.66. The number of aromatic amines is 1. The number of hydrogen-bond donors (Lipinski definition) is 2. The summed E-state index contributed by atoms with van der Waals surface area (Å²) in [5, 5.41) is 4.40. The molecule has 1 atom stereocenters. The van der Waals surface area contributed by atoms with Crippen LogP contribution in [0.4, 0.5) is 0 Å². The zero-order valence-electron chi connectivity index (χ0n) is 17.1. The number of fused-ring (bicyclic) bond motifs is 3. The molecule has 0 saturated heterocycles. The van der Waals surface area contributed by atoms with Gasteiger partial charge in [-0.15, -0.1) is 0 Å². The van der Waals surface area contributed by atoms with E-state index in [0.717, 1.165) is 24.2 Å². The second kappa shape index (κ2) is 7.01. The molecule has 0 fully saturated rings. The number of H-pyrrole nitrogens is 1. The molecular formula is C24H28N2O2. The first-order valence-corrected chi connectivity index (χ1v) is 9.93. The van der Waals surface area contributed by atoms with E-state index >= 15 is 0 Å². The summed E-state index contributed by atoms with van der Waals surface area (Å²) in [6.07, 6.45) is 1.70. The van der Waals surface area contributed by atoms with Crippen LogP contribution in [0.3, 0.4) is 0 Å². The van der Waals surface area contributed by atoms with E-state index in [2.05, 4.69) is 62.3 Å². The van der Waals surface area contributed by atoms with E-state index in [-0.39, 0.29) is 24.0 Å². The molecule has 4 rings (SSSR count). The number of amides is 1. The molecule has 2 N–H and O–H groups in total. The zero-order chi connectivity index (χ0) is 19.9. The summed E-state index contributed by atoms with van der Waals surface area (Å²) in [5.74, 6) is 0.718. The molecule has 0 saturated carbocycles. The van der Waals surface area contributed by atoms with Crippen LogP contribution in [-0.4, -0.2) is 23.5 Å². The van der Waals surface area contributed by atoms with Crippen LogP contribution in [0.15, 0.2) is 42.5 Å². The Morgan fingerprint density at radius 3 is 2.75 bits per heavy atom. The van der Waals surface area contributed by atoms with Gasteiger partial charge in [-0.1, -0.05) is 56.7 Å². The van der Waals surface area contributed by atoms with Crippen LogP contribution >= 0.6 is 0 Å². The molecule has 1 amide bonds. The van der Waals surface area contributed by atoms with Crippen molar-refractivity contribution in [3.05, 3.63) is 64.8 Å². The van der Waals surface area contributed by atoms with E-state index in [4.69, 9.17) is 4.74 Å². The smallest absolute Gasteiger partial charge is 0.258 e. The van der Waals surface area contributed by atoms with E-state index < -0.39 is 0 Å². The maximum atomic E-state index is 12.5. The summed E-state index contributed by atoms with van der Waals surface area (Å²) >= 11 is 0. The van der Waals surface area contributed by atoms with Gasteiger partial charge in [0.2, 0.25) is 0 Å². The van der Waals surface area contributed by atoms with Crippen molar-refractivity contribution < 1.29 is 9.53 Å². The Labute approximate surface area is 166 Å². The number of aryl methyl sites for hydroxylation is 1. The second-order valence-corrected chi connectivity index (χ2v) is 8.84. The van der Waals surface area contributed by atoms with Crippen molar-refractivity contribution in [1.29, 1.82) is 0 Å². The highest BCUT2D eigenvalue weighted by molar-refractivity contribution is 5.86. The van der Waals surface area contributed by atoms with Crippen LogP contribution < -0.4 is 10.1 Å². The third-order valence-electron chi connectivity index (χ3n) is 5.47. The SMILES string of the molecule is Cc1ccc(OCC(=O)NC2Cc3[nH]c4ccccc4c3C2)c(C(C)(C)C)c1. The third kappa shape index (κ3) is 3.64. The highest BCUT2D eigenvalue weighted by atomic mass is 16.5. The number of nitrogens with one attached hydrogen (secondary N) is 2. The van der Waals surface area contributed by atoms with Crippen molar-refractivity contribution in [3.8, 4) is 5.75 Å². The monoisotopic (exact) mass is 376 g/mol. The van der Waals surface area contributed by atoms with Crippen molar-refractivity contribution in [2.45, 2.75) is 52.0 Å². The summed E-state index contributed by atoms with van der Waals surface area (Å²) in [7, 11) is 0. The number of rotatable bonds is 4. The Morgan fingerprint density at radius 1 is 1.18 bits per heavy atom. The average molecular weight is 377 g/mol. The van der Waals surface area contributed by atoms with Gasteiger partial charge < -0.3 is 15.0 Å². The van der Waals surface area contributed by atoms with Crippen LogP contribution in [0.25, 0.3) is 10.9 Å². The number of aromatic nitrogens is 1. The van der Waals surface area contributed by atoms with E-state index in [0.29, 0.717) is 0 Å². The molecule has 0 spiro atoms. The normalized spacial score (nSPS) is 16.2. The molecule has 1 unspecified atom stereocenters. The topological polar surface area (TPSA) is 54.1 Å². The zero-order valence-corrected chi connectivity index (χ0v) is 17.1. The molecule has 1 heterocycles. The molecule has 1 aliphatic rings. The van der Waals surface area contributed by atoms with Gasteiger partial charge in [0, 0.05) is 29.1 Å². The first-order valence-electron chi connectivity index (χ1n) is 9.93. The molecule has 1 aromatic heterocycles. The van der Waals surface area contributed by atoms with Crippen molar-refractivity contribution >= 4 is 16.8 Å². The van der Waals surface area contributed by atoms with Gasteiger partial charge in [0.15, 0.2) is 6.61 Å². The van der Waals surface area contributed by atoms with Crippen molar-refractivity contribution in [1.82, 2.24) is 10.3 Å². The van der Waals surface area contributed by atoms with E-state index in [1.54, 1.807) is 0 Å². The van der Waals surface area contributed by atoms with Crippen LogP contribution in [0, 0.1) is 6.92 Å². The van der Waals surface area contributed by atoms with Crippen LogP contribution in [-0.2, 0) is 23.1 Å². The molecule has 1 aliphatic carbocycles. The van der Waals surface area contributed by atoms with Gasteiger partial charge in [0.25, 0.3) is 5.91 Å². The average Bonchev–Trinajstić information content (AvgIpc) is 3.17. The van der Waals surface area contributed by atoms with Crippen molar-refractivity contribution in [3.63, 3.8) is 0 Å². The number of ether oxygens (including phenoxy) is 1. The summed E-state index contributed by atoms with van der Waals surface area (Å²) in [5.41, 5.74) is 6.03. The van der Waals surface area contributed by atoms with Gasteiger partial charge in [0.1, 0.15) is 5.75 Å².